The fraction of sp³-hybridized carbons (Fsp3) is 0.188. The molecule has 0 aliphatic carbocycles. The molecule has 0 spiro atoms. The Labute approximate surface area is 144 Å². The molecule has 25 heavy (non-hydrogen) atoms. The van der Waals surface area contributed by atoms with Crippen molar-refractivity contribution in [3.63, 3.8) is 0 Å². The number of hydrogen-bond donors (Lipinski definition) is 1. The fourth-order valence-electron chi connectivity index (χ4n) is 2.10. The maximum Gasteiger partial charge on any atom is 0.259 e. The van der Waals surface area contributed by atoms with Crippen molar-refractivity contribution in [2.75, 3.05) is 13.7 Å². The highest BCUT2D eigenvalue weighted by Gasteiger charge is 2.15. The van der Waals surface area contributed by atoms with Crippen LogP contribution >= 0.6 is 0 Å². The maximum atomic E-state index is 12.2. The largest absolute Gasteiger partial charge is 0.497 e. The van der Waals surface area contributed by atoms with E-state index in [1.54, 1.807) is 36.7 Å². The molecule has 0 saturated heterocycles. The molecule has 1 N–H and O–H groups in total. The number of sulfonamides is 1. The van der Waals surface area contributed by atoms with E-state index < -0.39 is 10.0 Å². The van der Waals surface area contributed by atoms with E-state index in [0.717, 1.165) is 0 Å². The Morgan fingerprint density at radius 2 is 2.00 bits per heavy atom. The molecule has 8 nitrogen and oxygen atoms in total. The number of pyridine rings is 1. The zero-order chi connectivity index (χ0) is 17.7. The summed E-state index contributed by atoms with van der Waals surface area (Å²) in [4.78, 5) is 8.37. The van der Waals surface area contributed by atoms with E-state index in [9.17, 15) is 8.42 Å². The first-order valence-corrected chi connectivity index (χ1v) is 8.93. The van der Waals surface area contributed by atoms with Gasteiger partial charge < -0.3 is 9.26 Å². The highest BCUT2D eigenvalue weighted by molar-refractivity contribution is 7.89. The summed E-state index contributed by atoms with van der Waals surface area (Å²) in [6.07, 6.45) is 3.57. The van der Waals surface area contributed by atoms with Crippen molar-refractivity contribution in [3.05, 3.63) is 54.6 Å². The highest BCUT2D eigenvalue weighted by Crippen LogP contribution is 2.16. The lowest BCUT2D eigenvalue weighted by atomic mass is 10.3. The van der Waals surface area contributed by atoms with E-state index in [-0.39, 0.29) is 11.4 Å². The van der Waals surface area contributed by atoms with Crippen molar-refractivity contribution in [1.29, 1.82) is 0 Å². The lowest BCUT2D eigenvalue weighted by Crippen LogP contribution is -2.26. The quantitative estimate of drug-likeness (QED) is 0.683. The number of hydrogen-bond acceptors (Lipinski definition) is 7. The van der Waals surface area contributed by atoms with Crippen LogP contribution in [0.3, 0.4) is 0 Å². The SMILES string of the molecule is COc1ccc(S(=O)(=O)NCCc2noc(-c3cccnc3)n2)cc1. The van der Waals surface area contributed by atoms with E-state index in [1.807, 2.05) is 0 Å². The van der Waals surface area contributed by atoms with Gasteiger partial charge in [0, 0.05) is 25.4 Å². The van der Waals surface area contributed by atoms with Gasteiger partial charge in [0.1, 0.15) is 5.75 Å². The highest BCUT2D eigenvalue weighted by atomic mass is 32.2. The molecule has 2 heterocycles. The van der Waals surface area contributed by atoms with E-state index in [4.69, 9.17) is 9.26 Å². The van der Waals surface area contributed by atoms with Gasteiger partial charge in [-0.05, 0) is 36.4 Å². The van der Waals surface area contributed by atoms with Crippen LogP contribution in [0.1, 0.15) is 5.82 Å². The topological polar surface area (TPSA) is 107 Å². The number of benzene rings is 1. The number of rotatable bonds is 7. The first kappa shape index (κ1) is 17.1. The van der Waals surface area contributed by atoms with Gasteiger partial charge in [-0.1, -0.05) is 5.16 Å². The van der Waals surface area contributed by atoms with Crippen LogP contribution < -0.4 is 9.46 Å². The summed E-state index contributed by atoms with van der Waals surface area (Å²) in [5.74, 6) is 1.35. The molecular weight excluding hydrogens is 344 g/mol. The lowest BCUT2D eigenvalue weighted by molar-refractivity contribution is 0.414. The van der Waals surface area contributed by atoms with Gasteiger partial charge in [0.15, 0.2) is 5.82 Å². The predicted octanol–water partition coefficient (Wildman–Crippen LogP) is 1.66. The molecule has 1 aromatic carbocycles. The van der Waals surface area contributed by atoms with Crippen LogP contribution in [-0.4, -0.2) is 37.2 Å². The van der Waals surface area contributed by atoms with Crippen molar-refractivity contribution >= 4 is 10.0 Å². The van der Waals surface area contributed by atoms with Gasteiger partial charge in [0.25, 0.3) is 5.89 Å². The number of nitrogens with one attached hydrogen (secondary N) is 1. The van der Waals surface area contributed by atoms with E-state index in [0.29, 0.717) is 29.4 Å². The summed E-state index contributed by atoms with van der Waals surface area (Å²) >= 11 is 0. The molecule has 0 unspecified atom stereocenters. The third kappa shape index (κ3) is 4.20. The molecule has 0 saturated carbocycles. The van der Waals surface area contributed by atoms with Gasteiger partial charge in [-0.3, -0.25) is 4.98 Å². The van der Waals surface area contributed by atoms with Gasteiger partial charge in [-0.25, -0.2) is 13.1 Å². The number of nitrogens with zero attached hydrogens (tertiary/aromatic N) is 3. The number of aromatic nitrogens is 3. The molecular formula is C16H16N4O4S. The monoisotopic (exact) mass is 360 g/mol. The van der Waals surface area contributed by atoms with Crippen molar-refractivity contribution in [2.45, 2.75) is 11.3 Å². The van der Waals surface area contributed by atoms with Gasteiger partial charge in [0.2, 0.25) is 10.0 Å². The molecule has 0 atom stereocenters. The molecule has 0 aliphatic rings. The second kappa shape index (κ2) is 7.41. The van der Waals surface area contributed by atoms with Crippen molar-refractivity contribution in [2.24, 2.45) is 0 Å². The minimum atomic E-state index is -3.60. The van der Waals surface area contributed by atoms with Crippen molar-refractivity contribution in [3.8, 4) is 17.2 Å². The Morgan fingerprint density at radius 1 is 1.20 bits per heavy atom. The molecule has 0 fully saturated rings. The molecule has 130 valence electrons. The summed E-state index contributed by atoms with van der Waals surface area (Å²) in [6, 6.07) is 9.72. The second-order valence-electron chi connectivity index (χ2n) is 5.08. The summed E-state index contributed by atoms with van der Waals surface area (Å²) in [5.41, 5.74) is 0.708. The smallest absolute Gasteiger partial charge is 0.259 e. The molecule has 3 rings (SSSR count). The van der Waals surface area contributed by atoms with E-state index >= 15 is 0 Å². The van der Waals surface area contributed by atoms with Gasteiger partial charge in [-0.2, -0.15) is 4.98 Å². The van der Waals surface area contributed by atoms with Crippen LogP contribution in [-0.2, 0) is 16.4 Å². The van der Waals surface area contributed by atoms with Crippen LogP contribution in [0.25, 0.3) is 11.5 Å². The Morgan fingerprint density at radius 3 is 2.68 bits per heavy atom. The Hall–Kier alpha value is -2.78. The third-order valence-corrected chi connectivity index (χ3v) is 4.86. The third-order valence-electron chi connectivity index (χ3n) is 3.39. The van der Waals surface area contributed by atoms with Gasteiger partial charge in [0.05, 0.1) is 17.6 Å². The van der Waals surface area contributed by atoms with Crippen LogP contribution in [0.5, 0.6) is 5.75 Å². The summed E-state index contributed by atoms with van der Waals surface area (Å²) in [5, 5.41) is 3.84. The van der Waals surface area contributed by atoms with Crippen molar-refractivity contribution in [1.82, 2.24) is 19.8 Å². The second-order valence-corrected chi connectivity index (χ2v) is 6.85. The minimum absolute atomic E-state index is 0.153. The van der Waals surface area contributed by atoms with Gasteiger partial charge in [-0.15, -0.1) is 0 Å². The standard InChI is InChI=1S/C16H16N4O4S/c1-23-13-4-6-14(7-5-13)25(21,22)18-10-8-15-19-16(24-20-15)12-3-2-9-17-11-12/h2-7,9,11,18H,8,10H2,1H3. The van der Waals surface area contributed by atoms with Crippen LogP contribution in [0, 0.1) is 0 Å². The Kier molecular flexibility index (Phi) is 5.05. The normalized spacial score (nSPS) is 11.4. The Bertz CT molecular complexity index is 924. The van der Waals surface area contributed by atoms with Crippen molar-refractivity contribution < 1.29 is 17.7 Å². The van der Waals surface area contributed by atoms with Gasteiger partial charge >= 0.3 is 0 Å². The number of methoxy groups -OCH3 is 1. The zero-order valence-corrected chi connectivity index (χ0v) is 14.2. The predicted molar refractivity (Wildman–Crippen MR) is 89.4 cm³/mol. The molecule has 0 bridgehead atoms. The summed E-state index contributed by atoms with van der Waals surface area (Å²) in [6.45, 7) is 0.153. The molecule has 0 amide bonds. The minimum Gasteiger partial charge on any atom is -0.497 e. The van der Waals surface area contributed by atoms with Crippen LogP contribution in [0.15, 0.2) is 58.2 Å². The fourth-order valence-corrected chi connectivity index (χ4v) is 3.13. The summed E-state index contributed by atoms with van der Waals surface area (Å²) < 4.78 is 37.1. The summed E-state index contributed by atoms with van der Waals surface area (Å²) in [7, 11) is -2.08. The molecule has 2 aromatic heterocycles. The maximum absolute atomic E-state index is 12.2. The lowest BCUT2D eigenvalue weighted by Gasteiger charge is -2.06. The molecule has 9 heteroatoms. The van der Waals surface area contributed by atoms with Crippen LogP contribution in [0.4, 0.5) is 0 Å². The average Bonchev–Trinajstić information content (AvgIpc) is 3.11. The first-order valence-electron chi connectivity index (χ1n) is 7.45. The Balaban J connectivity index is 1.59. The molecule has 0 radical (unpaired) electrons. The van der Waals surface area contributed by atoms with E-state index in [1.165, 1.54) is 19.2 Å². The van der Waals surface area contributed by atoms with Crippen LogP contribution in [0.2, 0.25) is 0 Å². The zero-order valence-electron chi connectivity index (χ0n) is 13.4. The molecule has 0 aliphatic heterocycles. The average molecular weight is 360 g/mol. The molecule has 3 aromatic rings. The number of ether oxygens (including phenoxy) is 1. The first-order chi connectivity index (χ1) is 12.1. The van der Waals surface area contributed by atoms with E-state index in [2.05, 4.69) is 19.8 Å².